The Balaban J connectivity index is 2.79. The molecule has 7 nitrogen and oxygen atoms in total. The smallest absolute Gasteiger partial charge is 0.314 e. The lowest BCUT2D eigenvalue weighted by Gasteiger charge is -2.06. The zero-order valence-electron chi connectivity index (χ0n) is 9.33. The van der Waals surface area contributed by atoms with Crippen molar-refractivity contribution in [3.8, 4) is 11.5 Å². The molecule has 1 aromatic carbocycles. The third-order valence-corrected chi connectivity index (χ3v) is 3.06. The van der Waals surface area contributed by atoms with Crippen molar-refractivity contribution in [2.45, 2.75) is 0 Å². The summed E-state index contributed by atoms with van der Waals surface area (Å²) in [6.07, 6.45) is 0. The predicted octanol–water partition coefficient (Wildman–Crippen LogP) is 1.55. The van der Waals surface area contributed by atoms with E-state index in [0.717, 1.165) is 6.07 Å². The third-order valence-electron chi connectivity index (χ3n) is 1.94. The normalized spacial score (nSPS) is 11.0. The van der Waals surface area contributed by atoms with E-state index in [0.29, 0.717) is 0 Å². The van der Waals surface area contributed by atoms with Crippen molar-refractivity contribution in [2.75, 3.05) is 19.5 Å². The second kappa shape index (κ2) is 5.87. The molecule has 1 rings (SSSR count). The first kappa shape index (κ1) is 14.5. The molecule has 0 bridgehead atoms. The maximum atomic E-state index is 10.7. The summed E-state index contributed by atoms with van der Waals surface area (Å²) in [7, 11) is 2.66. The summed E-state index contributed by atoms with van der Waals surface area (Å²) in [5.74, 6) is -0.117. The second-order valence-corrected chi connectivity index (χ2v) is 6.08. The maximum absolute atomic E-state index is 10.7. The average Bonchev–Trinajstić information content (AvgIpc) is 2.27. The number of benzene rings is 1. The molecule has 0 amide bonds. The summed E-state index contributed by atoms with van der Waals surface area (Å²) in [6.45, 7) is -0.185. The van der Waals surface area contributed by atoms with Crippen LogP contribution in [0.3, 0.4) is 0 Å². The van der Waals surface area contributed by atoms with Crippen LogP contribution in [0.4, 0.5) is 5.69 Å². The van der Waals surface area contributed by atoms with E-state index in [4.69, 9.17) is 20.2 Å². The Labute approximate surface area is 108 Å². The largest absolute Gasteiger partial charge is 0.492 e. The second-order valence-electron chi connectivity index (χ2n) is 3.18. The lowest BCUT2D eigenvalue weighted by Crippen LogP contribution is -2.08. The number of hydrogen-bond donors (Lipinski definition) is 0. The summed E-state index contributed by atoms with van der Waals surface area (Å²) in [5, 5.41) is 10.7. The van der Waals surface area contributed by atoms with E-state index in [1.807, 2.05) is 0 Å². The molecular weight excluding hydrogens is 286 g/mol. The van der Waals surface area contributed by atoms with Crippen molar-refractivity contribution < 1.29 is 22.8 Å². The van der Waals surface area contributed by atoms with E-state index in [-0.39, 0.29) is 29.5 Å². The van der Waals surface area contributed by atoms with Gasteiger partial charge >= 0.3 is 5.69 Å². The highest BCUT2D eigenvalue weighted by Gasteiger charge is 2.16. The quantitative estimate of drug-likeness (QED) is 0.449. The van der Waals surface area contributed by atoms with Gasteiger partial charge in [-0.15, -0.1) is 0 Å². The van der Waals surface area contributed by atoms with Gasteiger partial charge in [0.1, 0.15) is 12.4 Å². The van der Waals surface area contributed by atoms with Gasteiger partial charge in [-0.25, -0.2) is 8.42 Å². The van der Waals surface area contributed by atoms with Crippen LogP contribution in [0.1, 0.15) is 0 Å². The fourth-order valence-corrected chi connectivity index (χ4v) is 1.63. The summed E-state index contributed by atoms with van der Waals surface area (Å²) in [6, 6.07) is 3.95. The zero-order chi connectivity index (χ0) is 13.8. The molecule has 18 heavy (non-hydrogen) atoms. The molecule has 0 aliphatic carbocycles. The Morgan fingerprint density at radius 3 is 2.61 bits per heavy atom. The lowest BCUT2D eigenvalue weighted by molar-refractivity contribution is -0.385. The highest BCUT2D eigenvalue weighted by molar-refractivity contribution is 8.13. The Hall–Kier alpha value is -1.54. The summed E-state index contributed by atoms with van der Waals surface area (Å²) >= 11 is 0. The van der Waals surface area contributed by atoms with Crippen LogP contribution in [0, 0.1) is 10.1 Å². The van der Waals surface area contributed by atoms with Crippen LogP contribution in [0.2, 0.25) is 0 Å². The minimum absolute atomic E-state index is 0.0947. The van der Waals surface area contributed by atoms with E-state index in [2.05, 4.69) is 0 Å². The molecule has 0 aromatic heterocycles. The number of hydrogen-bond acceptors (Lipinski definition) is 6. The minimum Gasteiger partial charge on any atom is -0.492 e. The fraction of sp³-hybridized carbons (Fsp3) is 0.333. The molecule has 0 fully saturated rings. The summed E-state index contributed by atoms with van der Waals surface area (Å²) < 4.78 is 31.2. The van der Waals surface area contributed by atoms with E-state index in [1.165, 1.54) is 19.2 Å². The van der Waals surface area contributed by atoms with Gasteiger partial charge in [-0.05, 0) is 12.1 Å². The summed E-state index contributed by atoms with van der Waals surface area (Å²) in [4.78, 5) is 10.1. The fourth-order valence-electron chi connectivity index (χ4n) is 1.16. The first-order valence-corrected chi connectivity index (χ1v) is 7.19. The Morgan fingerprint density at radius 1 is 1.44 bits per heavy atom. The predicted molar refractivity (Wildman–Crippen MR) is 64.8 cm³/mol. The topological polar surface area (TPSA) is 95.7 Å². The van der Waals surface area contributed by atoms with Crippen molar-refractivity contribution in [2.24, 2.45) is 0 Å². The SMILES string of the molecule is COc1ccc(OCCS(=O)(=O)Cl)cc1[N+](=O)[O-]. The number of halogens is 1. The maximum Gasteiger partial charge on any atom is 0.314 e. The first-order chi connectivity index (χ1) is 8.33. The molecule has 0 unspecified atom stereocenters. The summed E-state index contributed by atoms with van der Waals surface area (Å²) in [5.41, 5.74) is -0.260. The molecule has 0 aliphatic rings. The number of rotatable bonds is 6. The number of methoxy groups -OCH3 is 1. The van der Waals surface area contributed by atoms with Gasteiger partial charge in [0.05, 0.1) is 23.9 Å². The Morgan fingerprint density at radius 2 is 2.11 bits per heavy atom. The molecule has 0 aliphatic heterocycles. The van der Waals surface area contributed by atoms with Crippen LogP contribution in [-0.4, -0.2) is 32.8 Å². The van der Waals surface area contributed by atoms with E-state index >= 15 is 0 Å². The monoisotopic (exact) mass is 295 g/mol. The van der Waals surface area contributed by atoms with Gasteiger partial charge in [0, 0.05) is 10.7 Å². The average molecular weight is 296 g/mol. The van der Waals surface area contributed by atoms with Crippen LogP contribution in [0.25, 0.3) is 0 Å². The van der Waals surface area contributed by atoms with Crippen LogP contribution in [0.5, 0.6) is 11.5 Å². The van der Waals surface area contributed by atoms with Gasteiger partial charge in [-0.1, -0.05) is 0 Å². The van der Waals surface area contributed by atoms with E-state index in [1.54, 1.807) is 0 Å². The van der Waals surface area contributed by atoms with Gasteiger partial charge in [-0.2, -0.15) is 0 Å². The van der Waals surface area contributed by atoms with Gasteiger partial charge in [0.15, 0.2) is 5.75 Å². The number of nitrogens with zero attached hydrogens (tertiary/aromatic N) is 1. The zero-order valence-corrected chi connectivity index (χ0v) is 10.9. The van der Waals surface area contributed by atoms with Crippen molar-refractivity contribution >= 4 is 25.4 Å². The molecule has 0 heterocycles. The van der Waals surface area contributed by atoms with Crippen LogP contribution >= 0.6 is 10.7 Å². The van der Waals surface area contributed by atoms with Crippen molar-refractivity contribution in [1.82, 2.24) is 0 Å². The van der Waals surface area contributed by atoms with Gasteiger partial charge in [0.2, 0.25) is 9.05 Å². The van der Waals surface area contributed by atoms with Crippen molar-refractivity contribution in [1.29, 1.82) is 0 Å². The molecule has 9 heteroatoms. The third kappa shape index (κ3) is 4.38. The Kier molecular flexibility index (Phi) is 4.74. The van der Waals surface area contributed by atoms with Crippen molar-refractivity contribution in [3.05, 3.63) is 28.3 Å². The minimum atomic E-state index is -3.64. The van der Waals surface area contributed by atoms with E-state index < -0.39 is 14.0 Å². The molecule has 0 N–H and O–H groups in total. The number of nitro benzene ring substituents is 1. The van der Waals surface area contributed by atoms with Gasteiger partial charge in [0.25, 0.3) is 0 Å². The molecule has 1 aromatic rings. The first-order valence-electron chi connectivity index (χ1n) is 4.71. The van der Waals surface area contributed by atoms with Crippen LogP contribution in [0.15, 0.2) is 18.2 Å². The molecule has 0 atom stereocenters. The molecular formula is C9H10ClNO6S. The van der Waals surface area contributed by atoms with E-state index in [9.17, 15) is 18.5 Å². The van der Waals surface area contributed by atoms with Gasteiger partial charge < -0.3 is 9.47 Å². The highest BCUT2D eigenvalue weighted by atomic mass is 35.7. The molecule has 0 saturated heterocycles. The lowest BCUT2D eigenvalue weighted by atomic mass is 10.3. The molecule has 0 radical (unpaired) electrons. The number of nitro groups is 1. The van der Waals surface area contributed by atoms with Crippen molar-refractivity contribution in [3.63, 3.8) is 0 Å². The molecule has 0 saturated carbocycles. The van der Waals surface area contributed by atoms with Crippen LogP contribution in [-0.2, 0) is 9.05 Å². The van der Waals surface area contributed by atoms with Gasteiger partial charge in [-0.3, -0.25) is 10.1 Å². The molecule has 100 valence electrons. The molecule has 0 spiro atoms. The highest BCUT2D eigenvalue weighted by Crippen LogP contribution is 2.30. The number of ether oxygens (including phenoxy) is 2. The standard InChI is InChI=1S/C9H10ClNO6S/c1-16-9-3-2-7(6-8(9)11(12)13)17-4-5-18(10,14)15/h2-3,6H,4-5H2,1H3. The van der Waals surface area contributed by atoms with Crippen LogP contribution < -0.4 is 9.47 Å². The Bertz CT molecular complexity index is 544.